The molecule has 1 amide bonds. The van der Waals surface area contributed by atoms with E-state index < -0.39 is 0 Å². The fourth-order valence-corrected chi connectivity index (χ4v) is 2.51. The highest BCUT2D eigenvalue weighted by atomic mass is 16.1. The van der Waals surface area contributed by atoms with Crippen LogP contribution in [0.15, 0.2) is 42.5 Å². The number of nitrogens with one attached hydrogen (secondary N) is 1. The minimum atomic E-state index is -0.114. The Hall–Kier alpha value is -2.49. The van der Waals surface area contributed by atoms with Crippen molar-refractivity contribution in [3.63, 3.8) is 0 Å². The molecule has 2 aromatic rings. The first kappa shape index (κ1) is 15.9. The third-order valence-electron chi connectivity index (χ3n) is 3.76. The van der Waals surface area contributed by atoms with Crippen LogP contribution in [0.1, 0.15) is 29.8 Å². The summed E-state index contributed by atoms with van der Waals surface area (Å²) in [6.45, 7) is 7.85. The predicted octanol–water partition coefficient (Wildman–Crippen LogP) is 3.68. The molecule has 0 bridgehead atoms. The molecule has 2 rings (SSSR count). The molecule has 116 valence electrons. The molecule has 0 fully saturated rings. The van der Waals surface area contributed by atoms with Crippen molar-refractivity contribution in [2.75, 3.05) is 29.0 Å². The van der Waals surface area contributed by atoms with Crippen LogP contribution in [-0.2, 0) is 0 Å². The molecule has 0 spiro atoms. The van der Waals surface area contributed by atoms with Gasteiger partial charge in [0.15, 0.2) is 0 Å². The van der Waals surface area contributed by atoms with Gasteiger partial charge < -0.3 is 16.0 Å². The molecular formula is C18H23N3O. The number of aryl methyl sites for hydroxylation is 1. The molecule has 0 unspecified atom stereocenters. The summed E-state index contributed by atoms with van der Waals surface area (Å²) in [6.07, 6.45) is 0. The zero-order chi connectivity index (χ0) is 16.1. The fraction of sp³-hybridized carbons (Fsp3) is 0.278. The van der Waals surface area contributed by atoms with Crippen LogP contribution in [0.5, 0.6) is 0 Å². The number of nitrogen functional groups attached to an aromatic ring is 1. The van der Waals surface area contributed by atoms with Gasteiger partial charge in [0, 0.05) is 24.3 Å². The van der Waals surface area contributed by atoms with Gasteiger partial charge in [-0.15, -0.1) is 0 Å². The first-order chi connectivity index (χ1) is 10.6. The van der Waals surface area contributed by atoms with Crippen LogP contribution in [-0.4, -0.2) is 19.0 Å². The van der Waals surface area contributed by atoms with Gasteiger partial charge in [0.25, 0.3) is 5.91 Å². The van der Waals surface area contributed by atoms with E-state index in [1.165, 1.54) is 0 Å². The van der Waals surface area contributed by atoms with Crippen molar-refractivity contribution >= 4 is 23.0 Å². The van der Waals surface area contributed by atoms with Crippen LogP contribution in [0, 0.1) is 6.92 Å². The normalized spacial score (nSPS) is 10.3. The molecule has 4 nitrogen and oxygen atoms in total. The Labute approximate surface area is 131 Å². The van der Waals surface area contributed by atoms with E-state index in [4.69, 9.17) is 5.73 Å². The Balaban J connectivity index is 2.34. The number of nitrogens with zero attached hydrogens (tertiary/aromatic N) is 1. The molecule has 0 heterocycles. The third kappa shape index (κ3) is 3.39. The first-order valence-corrected chi connectivity index (χ1v) is 7.58. The largest absolute Gasteiger partial charge is 0.399 e. The number of benzene rings is 2. The van der Waals surface area contributed by atoms with Crippen molar-refractivity contribution in [3.05, 3.63) is 53.6 Å². The Kier molecular flexibility index (Phi) is 5.04. The molecule has 0 saturated carbocycles. The lowest BCUT2D eigenvalue weighted by molar-refractivity contribution is 0.102. The van der Waals surface area contributed by atoms with Gasteiger partial charge in [0.05, 0.1) is 11.4 Å². The molecule has 3 N–H and O–H groups in total. The summed E-state index contributed by atoms with van der Waals surface area (Å²) in [6, 6.07) is 13.2. The SMILES string of the molecule is CCN(CC)c1ccc(N)cc1NC(=O)c1ccccc1C. The molecule has 0 aromatic heterocycles. The van der Waals surface area contributed by atoms with Crippen LogP contribution in [0.4, 0.5) is 17.1 Å². The van der Waals surface area contributed by atoms with E-state index in [0.29, 0.717) is 11.3 Å². The quantitative estimate of drug-likeness (QED) is 0.828. The minimum Gasteiger partial charge on any atom is -0.399 e. The van der Waals surface area contributed by atoms with E-state index in [1.807, 2.05) is 49.4 Å². The van der Waals surface area contributed by atoms with Gasteiger partial charge in [-0.2, -0.15) is 0 Å². The first-order valence-electron chi connectivity index (χ1n) is 7.58. The Morgan fingerprint density at radius 2 is 1.82 bits per heavy atom. The smallest absolute Gasteiger partial charge is 0.255 e. The zero-order valence-electron chi connectivity index (χ0n) is 13.4. The Morgan fingerprint density at radius 3 is 2.45 bits per heavy atom. The molecule has 0 atom stereocenters. The maximum absolute atomic E-state index is 12.5. The molecular weight excluding hydrogens is 274 g/mol. The van der Waals surface area contributed by atoms with Crippen LogP contribution in [0.25, 0.3) is 0 Å². The number of nitrogens with two attached hydrogens (primary N) is 1. The lowest BCUT2D eigenvalue weighted by Gasteiger charge is -2.24. The van der Waals surface area contributed by atoms with Crippen molar-refractivity contribution < 1.29 is 4.79 Å². The van der Waals surface area contributed by atoms with Crippen LogP contribution in [0.2, 0.25) is 0 Å². The topological polar surface area (TPSA) is 58.4 Å². The molecule has 22 heavy (non-hydrogen) atoms. The second kappa shape index (κ2) is 6.98. The van der Waals surface area contributed by atoms with Crippen LogP contribution in [0.3, 0.4) is 0 Å². The summed E-state index contributed by atoms with van der Waals surface area (Å²) in [5.41, 5.74) is 9.88. The van der Waals surface area contributed by atoms with Crippen molar-refractivity contribution in [1.82, 2.24) is 0 Å². The van der Waals surface area contributed by atoms with Crippen LogP contribution >= 0.6 is 0 Å². The van der Waals surface area contributed by atoms with Gasteiger partial charge in [0.2, 0.25) is 0 Å². The van der Waals surface area contributed by atoms with Gasteiger partial charge in [-0.1, -0.05) is 18.2 Å². The van der Waals surface area contributed by atoms with Crippen molar-refractivity contribution in [2.24, 2.45) is 0 Å². The number of amides is 1. The standard InChI is InChI=1S/C18H23N3O/c1-4-21(5-2)17-11-10-14(19)12-16(17)20-18(22)15-9-7-6-8-13(15)3/h6-12H,4-5,19H2,1-3H3,(H,20,22). The predicted molar refractivity (Wildman–Crippen MR) is 93.5 cm³/mol. The average molecular weight is 297 g/mol. The zero-order valence-corrected chi connectivity index (χ0v) is 13.4. The Morgan fingerprint density at radius 1 is 1.14 bits per heavy atom. The summed E-state index contributed by atoms with van der Waals surface area (Å²) >= 11 is 0. The van der Waals surface area contributed by atoms with Crippen LogP contribution < -0.4 is 16.0 Å². The lowest BCUT2D eigenvalue weighted by atomic mass is 10.1. The highest BCUT2D eigenvalue weighted by Crippen LogP contribution is 2.28. The highest BCUT2D eigenvalue weighted by Gasteiger charge is 2.14. The van der Waals surface area contributed by atoms with E-state index in [-0.39, 0.29) is 5.91 Å². The number of carbonyl (C=O) groups excluding carboxylic acids is 1. The van der Waals surface area contributed by atoms with E-state index >= 15 is 0 Å². The molecule has 0 aliphatic heterocycles. The maximum Gasteiger partial charge on any atom is 0.255 e. The Bertz CT molecular complexity index is 663. The second-order valence-corrected chi connectivity index (χ2v) is 5.22. The third-order valence-corrected chi connectivity index (χ3v) is 3.76. The van der Waals surface area contributed by atoms with Gasteiger partial charge in [-0.3, -0.25) is 4.79 Å². The van der Waals surface area contributed by atoms with E-state index in [2.05, 4.69) is 24.1 Å². The molecule has 0 aliphatic rings. The van der Waals surface area contributed by atoms with Crippen molar-refractivity contribution in [1.29, 1.82) is 0 Å². The van der Waals surface area contributed by atoms with Crippen molar-refractivity contribution in [3.8, 4) is 0 Å². The summed E-state index contributed by atoms with van der Waals surface area (Å²) in [5, 5.41) is 3.00. The number of hydrogen-bond donors (Lipinski definition) is 2. The van der Waals surface area contributed by atoms with E-state index in [9.17, 15) is 4.79 Å². The van der Waals surface area contributed by atoms with E-state index in [1.54, 1.807) is 0 Å². The highest BCUT2D eigenvalue weighted by molar-refractivity contribution is 6.07. The summed E-state index contributed by atoms with van der Waals surface area (Å²) in [5.74, 6) is -0.114. The summed E-state index contributed by atoms with van der Waals surface area (Å²) in [7, 11) is 0. The van der Waals surface area contributed by atoms with Crippen molar-refractivity contribution in [2.45, 2.75) is 20.8 Å². The summed E-state index contributed by atoms with van der Waals surface area (Å²) < 4.78 is 0. The lowest BCUT2D eigenvalue weighted by Crippen LogP contribution is -2.24. The maximum atomic E-state index is 12.5. The summed E-state index contributed by atoms with van der Waals surface area (Å²) in [4.78, 5) is 14.7. The fourth-order valence-electron chi connectivity index (χ4n) is 2.51. The number of anilines is 3. The van der Waals surface area contributed by atoms with Gasteiger partial charge in [0.1, 0.15) is 0 Å². The van der Waals surface area contributed by atoms with E-state index in [0.717, 1.165) is 30.0 Å². The second-order valence-electron chi connectivity index (χ2n) is 5.22. The van der Waals surface area contributed by atoms with Gasteiger partial charge in [-0.05, 0) is 50.6 Å². The molecule has 0 aliphatic carbocycles. The average Bonchev–Trinajstić information content (AvgIpc) is 2.50. The number of hydrogen-bond acceptors (Lipinski definition) is 3. The van der Waals surface area contributed by atoms with Gasteiger partial charge in [-0.25, -0.2) is 0 Å². The minimum absolute atomic E-state index is 0.114. The number of carbonyl (C=O) groups is 1. The molecule has 2 aromatic carbocycles. The van der Waals surface area contributed by atoms with Gasteiger partial charge >= 0.3 is 0 Å². The molecule has 4 heteroatoms. The number of rotatable bonds is 5. The molecule has 0 radical (unpaired) electrons. The molecule has 0 saturated heterocycles. The monoisotopic (exact) mass is 297 g/mol.